The Kier molecular flexibility index (Phi) is 7.67. The van der Waals surface area contributed by atoms with Crippen LogP contribution in [0.2, 0.25) is 0 Å². The second-order valence-electron chi connectivity index (χ2n) is 7.04. The molecule has 0 bridgehead atoms. The van der Waals surface area contributed by atoms with E-state index in [1.54, 1.807) is 6.20 Å². The Bertz CT molecular complexity index is 760. The van der Waals surface area contributed by atoms with Crippen LogP contribution in [0.4, 0.5) is 4.79 Å². The van der Waals surface area contributed by atoms with Gasteiger partial charge in [-0.25, -0.2) is 9.78 Å². The molecular weight excluding hydrogens is 352 g/mol. The Morgan fingerprint density at radius 1 is 1.00 bits per heavy atom. The van der Waals surface area contributed by atoms with Gasteiger partial charge in [0.1, 0.15) is 0 Å². The first kappa shape index (κ1) is 20.1. The summed E-state index contributed by atoms with van der Waals surface area (Å²) in [6, 6.07) is 11.9. The van der Waals surface area contributed by atoms with Crippen molar-refractivity contribution in [2.75, 3.05) is 19.7 Å². The molecule has 1 aliphatic rings. The van der Waals surface area contributed by atoms with Gasteiger partial charge in [0.25, 0.3) is 0 Å². The normalized spacial score (nSPS) is 14.5. The van der Waals surface area contributed by atoms with Crippen molar-refractivity contribution in [1.82, 2.24) is 20.5 Å². The van der Waals surface area contributed by atoms with Crippen LogP contribution < -0.4 is 15.4 Å². The average molecular weight is 383 g/mol. The zero-order valence-electron chi connectivity index (χ0n) is 16.6. The second kappa shape index (κ2) is 10.7. The molecule has 1 aliphatic heterocycles. The predicted octanol–water partition coefficient (Wildman–Crippen LogP) is 3.47. The maximum atomic E-state index is 12.3. The zero-order valence-corrected chi connectivity index (χ0v) is 16.6. The third-order valence-corrected chi connectivity index (χ3v) is 4.97. The van der Waals surface area contributed by atoms with Gasteiger partial charge in [-0.05, 0) is 50.0 Å². The van der Waals surface area contributed by atoms with Crippen LogP contribution in [-0.2, 0) is 19.6 Å². The van der Waals surface area contributed by atoms with E-state index in [0.717, 1.165) is 25.2 Å². The molecule has 1 aromatic heterocycles. The maximum Gasteiger partial charge on any atom is 0.315 e. The molecule has 3 rings (SSSR count). The van der Waals surface area contributed by atoms with Crippen LogP contribution in [0, 0.1) is 0 Å². The van der Waals surface area contributed by atoms with Crippen LogP contribution in [0.1, 0.15) is 42.9 Å². The Hall–Kier alpha value is -2.60. The molecule has 2 heterocycles. The van der Waals surface area contributed by atoms with Crippen molar-refractivity contribution in [3.63, 3.8) is 0 Å². The molecule has 0 unspecified atom stereocenters. The molecule has 6 nitrogen and oxygen atoms in total. The van der Waals surface area contributed by atoms with E-state index in [0.29, 0.717) is 25.6 Å². The average Bonchev–Trinajstić information content (AvgIpc) is 2.73. The molecule has 2 N–H and O–H groups in total. The molecule has 1 fully saturated rings. The molecule has 1 aromatic carbocycles. The molecule has 6 heteroatoms. The van der Waals surface area contributed by atoms with Crippen molar-refractivity contribution in [3.8, 4) is 5.88 Å². The Labute approximate surface area is 167 Å². The number of benzene rings is 1. The van der Waals surface area contributed by atoms with Crippen LogP contribution in [0.5, 0.6) is 5.88 Å². The summed E-state index contributed by atoms with van der Waals surface area (Å²) in [5.41, 5.74) is 3.32. The van der Waals surface area contributed by atoms with E-state index in [-0.39, 0.29) is 6.03 Å². The number of nitrogens with zero attached hydrogens (tertiary/aromatic N) is 2. The van der Waals surface area contributed by atoms with Crippen LogP contribution in [-0.4, -0.2) is 35.6 Å². The van der Waals surface area contributed by atoms with Crippen molar-refractivity contribution in [1.29, 1.82) is 0 Å². The van der Waals surface area contributed by atoms with Gasteiger partial charge in [-0.15, -0.1) is 0 Å². The minimum absolute atomic E-state index is 0.195. The minimum atomic E-state index is -0.195. The Morgan fingerprint density at radius 3 is 2.43 bits per heavy atom. The lowest BCUT2D eigenvalue weighted by atomic mass is 10.0. The lowest BCUT2D eigenvalue weighted by Gasteiger charge is -2.27. The summed E-state index contributed by atoms with van der Waals surface area (Å²) in [5, 5.41) is 5.86. The van der Waals surface area contributed by atoms with Crippen LogP contribution in [0.25, 0.3) is 0 Å². The SMILES string of the molecule is CCOc1ncccc1CNC(=O)NCc1ccccc1CN1CCCCC1. The highest BCUT2D eigenvalue weighted by Gasteiger charge is 2.13. The maximum absolute atomic E-state index is 12.3. The van der Waals surface area contributed by atoms with Crippen LogP contribution in [0.3, 0.4) is 0 Å². The van der Waals surface area contributed by atoms with Gasteiger partial charge in [0.2, 0.25) is 5.88 Å². The molecule has 0 aliphatic carbocycles. The number of aromatic nitrogens is 1. The fourth-order valence-corrected chi connectivity index (χ4v) is 3.48. The molecule has 0 radical (unpaired) electrons. The number of urea groups is 1. The third-order valence-electron chi connectivity index (χ3n) is 4.97. The summed E-state index contributed by atoms with van der Waals surface area (Å²) in [7, 11) is 0. The Balaban J connectivity index is 1.51. The number of carbonyl (C=O) groups excluding carboxylic acids is 1. The summed E-state index contributed by atoms with van der Waals surface area (Å²) >= 11 is 0. The molecular formula is C22H30N4O2. The fraction of sp³-hybridized carbons (Fsp3) is 0.455. The van der Waals surface area contributed by atoms with Gasteiger partial charge in [-0.3, -0.25) is 4.90 Å². The quantitative estimate of drug-likeness (QED) is 0.734. The number of amides is 2. The number of pyridine rings is 1. The number of likely N-dealkylation sites (tertiary alicyclic amines) is 1. The van der Waals surface area contributed by atoms with Gasteiger partial charge < -0.3 is 15.4 Å². The van der Waals surface area contributed by atoms with Gasteiger partial charge >= 0.3 is 6.03 Å². The van der Waals surface area contributed by atoms with Crippen molar-refractivity contribution in [2.24, 2.45) is 0 Å². The Morgan fingerprint density at radius 2 is 1.68 bits per heavy atom. The third kappa shape index (κ3) is 5.96. The summed E-state index contributed by atoms with van der Waals surface area (Å²) in [5.74, 6) is 0.567. The van der Waals surface area contributed by atoms with E-state index in [2.05, 4.69) is 38.7 Å². The number of ether oxygens (including phenoxy) is 1. The van der Waals surface area contributed by atoms with E-state index < -0.39 is 0 Å². The topological polar surface area (TPSA) is 66.5 Å². The summed E-state index contributed by atoms with van der Waals surface area (Å²) in [6.07, 6.45) is 5.58. The van der Waals surface area contributed by atoms with Crippen molar-refractivity contribution in [3.05, 3.63) is 59.3 Å². The zero-order chi connectivity index (χ0) is 19.6. The molecule has 0 atom stereocenters. The molecule has 150 valence electrons. The summed E-state index contributed by atoms with van der Waals surface area (Å²) in [6.45, 7) is 6.63. The number of hydrogen-bond acceptors (Lipinski definition) is 4. The number of rotatable bonds is 8. The minimum Gasteiger partial charge on any atom is -0.478 e. The van der Waals surface area contributed by atoms with E-state index in [9.17, 15) is 4.79 Å². The van der Waals surface area contributed by atoms with E-state index in [4.69, 9.17) is 4.74 Å². The van der Waals surface area contributed by atoms with Crippen LogP contribution in [0.15, 0.2) is 42.6 Å². The lowest BCUT2D eigenvalue weighted by molar-refractivity contribution is 0.220. The molecule has 2 amide bonds. The summed E-state index contributed by atoms with van der Waals surface area (Å²) in [4.78, 5) is 19.0. The molecule has 0 spiro atoms. The smallest absolute Gasteiger partial charge is 0.315 e. The molecule has 2 aromatic rings. The highest BCUT2D eigenvalue weighted by molar-refractivity contribution is 5.73. The molecule has 0 saturated carbocycles. The van der Waals surface area contributed by atoms with Gasteiger partial charge in [0, 0.05) is 31.4 Å². The van der Waals surface area contributed by atoms with E-state index >= 15 is 0 Å². The second-order valence-corrected chi connectivity index (χ2v) is 7.04. The van der Waals surface area contributed by atoms with E-state index in [1.807, 2.05) is 25.1 Å². The van der Waals surface area contributed by atoms with E-state index in [1.165, 1.54) is 30.4 Å². The first-order chi connectivity index (χ1) is 13.8. The first-order valence-corrected chi connectivity index (χ1v) is 10.1. The van der Waals surface area contributed by atoms with Crippen molar-refractivity contribution in [2.45, 2.75) is 45.8 Å². The standard InChI is InChI=1S/C22H30N4O2/c1-2-28-21-19(11-8-12-23-21)16-25-22(27)24-15-18-9-4-5-10-20(18)17-26-13-6-3-7-14-26/h4-5,8-12H,2-3,6-7,13-17H2,1H3,(H2,24,25,27). The largest absolute Gasteiger partial charge is 0.478 e. The molecule has 1 saturated heterocycles. The van der Waals surface area contributed by atoms with Crippen molar-refractivity contribution < 1.29 is 9.53 Å². The predicted molar refractivity (Wildman–Crippen MR) is 110 cm³/mol. The lowest BCUT2D eigenvalue weighted by Crippen LogP contribution is -2.35. The van der Waals surface area contributed by atoms with Gasteiger partial charge in [0.05, 0.1) is 6.61 Å². The van der Waals surface area contributed by atoms with Crippen LogP contribution >= 0.6 is 0 Å². The van der Waals surface area contributed by atoms with Gasteiger partial charge in [-0.2, -0.15) is 0 Å². The number of hydrogen-bond donors (Lipinski definition) is 2. The first-order valence-electron chi connectivity index (χ1n) is 10.1. The highest BCUT2D eigenvalue weighted by atomic mass is 16.5. The number of piperidine rings is 1. The number of carbonyl (C=O) groups is 1. The van der Waals surface area contributed by atoms with Gasteiger partial charge in [-0.1, -0.05) is 36.8 Å². The highest BCUT2D eigenvalue weighted by Crippen LogP contribution is 2.16. The fourth-order valence-electron chi connectivity index (χ4n) is 3.48. The summed E-state index contributed by atoms with van der Waals surface area (Å²) < 4.78 is 5.50. The van der Waals surface area contributed by atoms with Crippen molar-refractivity contribution >= 4 is 6.03 Å². The van der Waals surface area contributed by atoms with Gasteiger partial charge in [0.15, 0.2) is 0 Å². The molecule has 28 heavy (non-hydrogen) atoms. The number of nitrogens with one attached hydrogen (secondary N) is 2. The monoisotopic (exact) mass is 382 g/mol.